The van der Waals surface area contributed by atoms with E-state index in [1.807, 2.05) is 0 Å². The van der Waals surface area contributed by atoms with Crippen LogP contribution in [0.1, 0.15) is 23.2 Å². The minimum absolute atomic E-state index is 0.165. The van der Waals surface area contributed by atoms with Gasteiger partial charge < -0.3 is 14.4 Å². The van der Waals surface area contributed by atoms with E-state index in [9.17, 15) is 41.7 Å². The molecule has 29 heavy (non-hydrogen) atoms. The van der Waals surface area contributed by atoms with E-state index in [1.54, 1.807) is 0 Å². The number of halogens is 5. The molecule has 0 saturated carbocycles. The van der Waals surface area contributed by atoms with Gasteiger partial charge in [0.05, 0.1) is 12.0 Å². The molecular formula is C16H15F5N2O6. The Bertz CT molecular complexity index is 813. The van der Waals surface area contributed by atoms with Gasteiger partial charge in [0.1, 0.15) is 6.04 Å². The number of nitro benzene ring substituents is 1. The van der Waals surface area contributed by atoms with Crippen molar-refractivity contribution >= 4 is 17.6 Å². The van der Waals surface area contributed by atoms with E-state index in [4.69, 9.17) is 0 Å². The molecular weight excluding hydrogens is 411 g/mol. The predicted octanol–water partition coefficient (Wildman–Crippen LogP) is 2.95. The summed E-state index contributed by atoms with van der Waals surface area (Å²) in [6.45, 7) is -2.04. The fourth-order valence-corrected chi connectivity index (χ4v) is 2.72. The Balaban J connectivity index is 2.31. The first-order valence-electron chi connectivity index (χ1n) is 8.13. The zero-order valence-corrected chi connectivity index (χ0v) is 14.9. The standard InChI is InChI=1S/C16H15F5N2O6/c1-28-14(25)11-3-2-6-22(11)13(24)9-4-5-10(23(26)27)12(7-9)29-8-15(17,18)16(19,20)21/h4-5,7,11H,2-3,6,8H2,1H3/t11-/m0/s1. The molecule has 1 saturated heterocycles. The second-order valence-electron chi connectivity index (χ2n) is 6.11. The molecule has 1 fully saturated rings. The number of benzene rings is 1. The highest BCUT2D eigenvalue weighted by atomic mass is 19.4. The Kier molecular flexibility index (Phi) is 6.28. The molecule has 0 spiro atoms. The van der Waals surface area contributed by atoms with Gasteiger partial charge >= 0.3 is 23.8 Å². The van der Waals surface area contributed by atoms with E-state index >= 15 is 0 Å². The summed E-state index contributed by atoms with van der Waals surface area (Å²) in [5.74, 6) is -7.65. The number of ether oxygens (including phenoxy) is 2. The first kappa shape index (κ1) is 22.3. The molecule has 8 nitrogen and oxygen atoms in total. The second-order valence-corrected chi connectivity index (χ2v) is 6.11. The van der Waals surface area contributed by atoms with Gasteiger partial charge in [-0.25, -0.2) is 4.79 Å². The normalized spacial score (nSPS) is 17.2. The average molecular weight is 426 g/mol. The fourth-order valence-electron chi connectivity index (χ4n) is 2.72. The monoisotopic (exact) mass is 426 g/mol. The van der Waals surface area contributed by atoms with Crippen LogP contribution in [-0.2, 0) is 9.53 Å². The van der Waals surface area contributed by atoms with Gasteiger partial charge in [0, 0.05) is 24.2 Å². The highest BCUT2D eigenvalue weighted by molar-refractivity contribution is 5.97. The van der Waals surface area contributed by atoms with E-state index in [0.717, 1.165) is 24.1 Å². The number of amides is 1. The lowest BCUT2D eigenvalue weighted by atomic mass is 10.1. The number of hydrogen-bond acceptors (Lipinski definition) is 6. The molecule has 1 aliphatic rings. The molecule has 1 aliphatic heterocycles. The molecule has 160 valence electrons. The molecule has 1 amide bonds. The highest BCUT2D eigenvalue weighted by Crippen LogP contribution is 2.37. The third kappa shape index (κ3) is 4.71. The minimum atomic E-state index is -5.92. The SMILES string of the molecule is COC(=O)[C@@H]1CCCN1C(=O)c1ccc([N+](=O)[O-])c(OCC(F)(F)C(F)(F)F)c1. The summed E-state index contributed by atoms with van der Waals surface area (Å²) >= 11 is 0. The maximum atomic E-state index is 13.1. The number of methoxy groups -OCH3 is 1. The van der Waals surface area contributed by atoms with Crippen LogP contribution >= 0.6 is 0 Å². The Morgan fingerprint density at radius 3 is 2.48 bits per heavy atom. The number of esters is 1. The van der Waals surface area contributed by atoms with Crippen LogP contribution in [0.5, 0.6) is 5.75 Å². The Labute approximate surface area is 160 Å². The third-order valence-corrected chi connectivity index (χ3v) is 4.21. The van der Waals surface area contributed by atoms with Crippen molar-refractivity contribution in [3.63, 3.8) is 0 Å². The van der Waals surface area contributed by atoms with Gasteiger partial charge in [-0.1, -0.05) is 0 Å². The van der Waals surface area contributed by atoms with E-state index in [-0.39, 0.29) is 12.1 Å². The molecule has 1 atom stereocenters. The lowest BCUT2D eigenvalue weighted by molar-refractivity contribution is -0.386. The van der Waals surface area contributed by atoms with Crippen LogP contribution in [0.2, 0.25) is 0 Å². The van der Waals surface area contributed by atoms with E-state index in [1.165, 1.54) is 0 Å². The van der Waals surface area contributed by atoms with Crippen molar-refractivity contribution < 1.29 is 45.9 Å². The molecule has 0 aliphatic carbocycles. The zero-order valence-electron chi connectivity index (χ0n) is 14.9. The summed E-state index contributed by atoms with van der Waals surface area (Å²) in [4.78, 5) is 35.5. The topological polar surface area (TPSA) is 99.0 Å². The van der Waals surface area contributed by atoms with Crippen molar-refractivity contribution in [3.8, 4) is 5.75 Å². The summed E-state index contributed by atoms with van der Waals surface area (Å²) in [7, 11) is 1.13. The molecule has 1 aromatic rings. The molecule has 0 aromatic heterocycles. The van der Waals surface area contributed by atoms with Crippen LogP contribution in [0.25, 0.3) is 0 Å². The number of alkyl halides is 5. The number of hydrogen-bond donors (Lipinski definition) is 0. The number of nitrogens with zero attached hydrogens (tertiary/aromatic N) is 2. The Hall–Kier alpha value is -2.99. The summed E-state index contributed by atoms with van der Waals surface area (Å²) in [6, 6.07) is 1.53. The molecule has 1 aromatic carbocycles. The predicted molar refractivity (Wildman–Crippen MR) is 85.7 cm³/mol. The molecule has 0 unspecified atom stereocenters. The van der Waals surface area contributed by atoms with Crippen molar-refractivity contribution in [2.75, 3.05) is 20.3 Å². The van der Waals surface area contributed by atoms with E-state index in [2.05, 4.69) is 9.47 Å². The fraction of sp³-hybridized carbons (Fsp3) is 0.500. The van der Waals surface area contributed by atoms with Crippen molar-refractivity contribution in [1.82, 2.24) is 4.90 Å². The van der Waals surface area contributed by atoms with Crippen LogP contribution in [0.15, 0.2) is 18.2 Å². The smallest absolute Gasteiger partial charge is 0.456 e. The summed E-state index contributed by atoms with van der Waals surface area (Å²) < 4.78 is 72.0. The lowest BCUT2D eigenvalue weighted by Crippen LogP contribution is -2.42. The van der Waals surface area contributed by atoms with E-state index in [0.29, 0.717) is 18.9 Å². The first-order chi connectivity index (χ1) is 13.4. The van der Waals surface area contributed by atoms with Gasteiger partial charge in [0.2, 0.25) is 0 Å². The quantitative estimate of drug-likeness (QED) is 0.300. The molecule has 0 bridgehead atoms. The second kappa shape index (κ2) is 8.17. The zero-order chi connectivity index (χ0) is 22.0. The van der Waals surface area contributed by atoms with Crippen molar-refractivity contribution in [2.45, 2.75) is 31.0 Å². The Morgan fingerprint density at radius 2 is 1.93 bits per heavy atom. The number of carbonyl (C=O) groups is 2. The molecule has 13 heteroatoms. The first-order valence-corrected chi connectivity index (χ1v) is 8.13. The van der Waals surface area contributed by atoms with Gasteiger partial charge in [0.25, 0.3) is 5.91 Å². The van der Waals surface area contributed by atoms with Gasteiger partial charge in [-0.3, -0.25) is 14.9 Å². The van der Waals surface area contributed by atoms with Crippen LogP contribution in [0.4, 0.5) is 27.6 Å². The molecule has 1 heterocycles. The van der Waals surface area contributed by atoms with Crippen molar-refractivity contribution in [2.24, 2.45) is 0 Å². The number of rotatable bonds is 6. The van der Waals surface area contributed by atoms with Crippen molar-refractivity contribution in [3.05, 3.63) is 33.9 Å². The van der Waals surface area contributed by atoms with Gasteiger partial charge in [0.15, 0.2) is 12.4 Å². The number of likely N-dealkylation sites (tertiary alicyclic amines) is 1. The van der Waals surface area contributed by atoms with Gasteiger partial charge in [-0.2, -0.15) is 22.0 Å². The van der Waals surface area contributed by atoms with Crippen LogP contribution in [0, 0.1) is 10.1 Å². The average Bonchev–Trinajstić information content (AvgIpc) is 3.13. The van der Waals surface area contributed by atoms with Crippen LogP contribution in [-0.4, -0.2) is 60.1 Å². The Morgan fingerprint density at radius 1 is 1.28 bits per heavy atom. The van der Waals surface area contributed by atoms with E-state index < -0.39 is 53.0 Å². The number of carbonyl (C=O) groups excluding carboxylic acids is 2. The maximum Gasteiger partial charge on any atom is 0.456 e. The van der Waals surface area contributed by atoms with Gasteiger partial charge in [-0.15, -0.1) is 0 Å². The maximum absolute atomic E-state index is 13.1. The summed E-state index contributed by atoms with van der Waals surface area (Å²) in [5.41, 5.74) is -1.18. The third-order valence-electron chi connectivity index (χ3n) is 4.21. The molecule has 0 radical (unpaired) electrons. The molecule has 0 N–H and O–H groups in total. The summed E-state index contributed by atoms with van der Waals surface area (Å²) in [6.07, 6.45) is -5.13. The summed E-state index contributed by atoms with van der Waals surface area (Å²) in [5, 5.41) is 11.0. The van der Waals surface area contributed by atoms with Gasteiger partial charge in [-0.05, 0) is 18.9 Å². The minimum Gasteiger partial charge on any atom is -0.480 e. The lowest BCUT2D eigenvalue weighted by Gasteiger charge is -2.23. The molecule has 2 rings (SSSR count). The highest BCUT2D eigenvalue weighted by Gasteiger charge is 2.58. The van der Waals surface area contributed by atoms with Crippen molar-refractivity contribution in [1.29, 1.82) is 0 Å². The number of nitro groups is 1. The van der Waals surface area contributed by atoms with Crippen LogP contribution in [0.3, 0.4) is 0 Å². The largest absolute Gasteiger partial charge is 0.480 e. The van der Waals surface area contributed by atoms with Crippen LogP contribution < -0.4 is 4.74 Å².